The van der Waals surface area contributed by atoms with E-state index in [9.17, 15) is 9.50 Å². The predicted octanol–water partition coefficient (Wildman–Crippen LogP) is 3.44. The van der Waals surface area contributed by atoms with Crippen LogP contribution in [0.3, 0.4) is 0 Å². The molecule has 21 heavy (non-hydrogen) atoms. The Morgan fingerprint density at radius 1 is 1.29 bits per heavy atom. The summed E-state index contributed by atoms with van der Waals surface area (Å²) in [6, 6.07) is 4.75. The molecule has 1 aliphatic heterocycles. The van der Waals surface area contributed by atoms with Crippen LogP contribution in [0, 0.1) is 5.82 Å². The molecular formula is C17H27FN2O. The molecule has 1 unspecified atom stereocenters. The van der Waals surface area contributed by atoms with Gasteiger partial charge in [0, 0.05) is 42.3 Å². The molecular weight excluding hydrogens is 267 g/mol. The van der Waals surface area contributed by atoms with Crippen LogP contribution in [0.25, 0.3) is 0 Å². The van der Waals surface area contributed by atoms with Gasteiger partial charge in [0.15, 0.2) is 0 Å². The predicted molar refractivity (Wildman–Crippen MR) is 84.0 cm³/mol. The fraction of sp³-hybridized carbons (Fsp3) is 0.647. The molecule has 1 saturated heterocycles. The lowest BCUT2D eigenvalue weighted by molar-refractivity contribution is 0.0941. The molecule has 0 aliphatic carbocycles. The third-order valence-corrected chi connectivity index (χ3v) is 4.38. The average molecular weight is 294 g/mol. The second-order valence-corrected chi connectivity index (χ2v) is 7.03. The molecule has 3 nitrogen and oxygen atoms in total. The maximum Gasteiger partial charge on any atom is 0.131 e. The summed E-state index contributed by atoms with van der Waals surface area (Å²) in [7, 11) is 0. The van der Waals surface area contributed by atoms with Crippen LogP contribution in [-0.4, -0.2) is 34.7 Å². The number of nitrogens with one attached hydrogen (secondary N) is 1. The Balaban J connectivity index is 1.91. The Morgan fingerprint density at radius 2 is 1.90 bits per heavy atom. The molecule has 118 valence electrons. The van der Waals surface area contributed by atoms with Gasteiger partial charge < -0.3 is 10.4 Å². The van der Waals surface area contributed by atoms with Gasteiger partial charge in [-0.1, -0.05) is 6.07 Å². The number of hydrogen-bond donors (Lipinski definition) is 2. The van der Waals surface area contributed by atoms with E-state index in [1.165, 1.54) is 6.07 Å². The van der Waals surface area contributed by atoms with Crippen LogP contribution < -0.4 is 5.32 Å². The third kappa shape index (κ3) is 4.17. The highest BCUT2D eigenvalue weighted by Gasteiger charge is 2.27. The van der Waals surface area contributed by atoms with Gasteiger partial charge in [0.25, 0.3) is 0 Å². The maximum absolute atomic E-state index is 13.9. The minimum Gasteiger partial charge on any atom is -0.508 e. The topological polar surface area (TPSA) is 35.5 Å². The molecule has 1 heterocycles. The third-order valence-electron chi connectivity index (χ3n) is 4.38. The van der Waals surface area contributed by atoms with Crippen molar-refractivity contribution in [1.29, 1.82) is 0 Å². The average Bonchev–Trinajstić information content (AvgIpc) is 2.38. The number of phenolic OH excluding ortho intramolecular Hbond substituents is 1. The molecule has 2 rings (SSSR count). The van der Waals surface area contributed by atoms with Crippen molar-refractivity contribution in [1.82, 2.24) is 10.2 Å². The molecule has 0 spiro atoms. The number of phenols is 1. The molecule has 0 radical (unpaired) electrons. The zero-order valence-electron chi connectivity index (χ0n) is 13.5. The molecule has 0 aromatic heterocycles. The van der Waals surface area contributed by atoms with Gasteiger partial charge in [-0.3, -0.25) is 4.90 Å². The monoisotopic (exact) mass is 294 g/mol. The summed E-state index contributed by atoms with van der Waals surface area (Å²) in [5.74, 6) is -0.371. The minimum atomic E-state index is -0.345. The Morgan fingerprint density at radius 3 is 2.43 bits per heavy atom. The van der Waals surface area contributed by atoms with E-state index in [0.717, 1.165) is 25.9 Å². The molecule has 0 amide bonds. The Kier molecular flexibility index (Phi) is 4.89. The second kappa shape index (κ2) is 6.32. The number of halogens is 1. The van der Waals surface area contributed by atoms with Crippen molar-refractivity contribution in [2.75, 3.05) is 13.1 Å². The standard InChI is InChI=1S/C17H27FN2O/c1-12(15-6-5-14(21)11-16(15)18)19-13-7-9-20(10-8-13)17(2,3)4/h5-6,11-13,19,21H,7-10H2,1-4H3. The molecule has 1 aromatic rings. The summed E-state index contributed by atoms with van der Waals surface area (Å²) in [4.78, 5) is 2.50. The van der Waals surface area contributed by atoms with Crippen molar-refractivity contribution in [3.63, 3.8) is 0 Å². The number of benzene rings is 1. The van der Waals surface area contributed by atoms with Gasteiger partial charge in [0.1, 0.15) is 11.6 Å². The summed E-state index contributed by atoms with van der Waals surface area (Å²) >= 11 is 0. The van der Waals surface area contributed by atoms with Crippen molar-refractivity contribution < 1.29 is 9.50 Å². The number of likely N-dealkylation sites (tertiary alicyclic amines) is 1. The normalized spacial score (nSPS) is 19.7. The van der Waals surface area contributed by atoms with Crippen molar-refractivity contribution in [3.8, 4) is 5.75 Å². The van der Waals surface area contributed by atoms with Crippen LogP contribution in [0.2, 0.25) is 0 Å². The SMILES string of the molecule is CC(NC1CCN(C(C)(C)C)CC1)c1ccc(O)cc1F. The molecule has 0 bridgehead atoms. The van der Waals surface area contributed by atoms with Gasteiger partial charge in [-0.25, -0.2) is 4.39 Å². The lowest BCUT2D eigenvalue weighted by atomic mass is 9.97. The largest absolute Gasteiger partial charge is 0.508 e. The van der Waals surface area contributed by atoms with E-state index in [1.807, 2.05) is 6.92 Å². The van der Waals surface area contributed by atoms with Crippen LogP contribution in [0.1, 0.15) is 52.1 Å². The first-order valence-electron chi connectivity index (χ1n) is 7.77. The van der Waals surface area contributed by atoms with Crippen molar-refractivity contribution >= 4 is 0 Å². The van der Waals surface area contributed by atoms with Crippen LogP contribution in [0.4, 0.5) is 4.39 Å². The number of aromatic hydroxyl groups is 1. The lowest BCUT2D eigenvalue weighted by Gasteiger charge is -2.41. The first kappa shape index (κ1) is 16.2. The number of hydrogen-bond acceptors (Lipinski definition) is 3. The van der Waals surface area contributed by atoms with E-state index in [2.05, 4.69) is 31.0 Å². The van der Waals surface area contributed by atoms with E-state index in [0.29, 0.717) is 11.6 Å². The maximum atomic E-state index is 13.9. The summed E-state index contributed by atoms with van der Waals surface area (Å²) in [5.41, 5.74) is 0.839. The lowest BCUT2D eigenvalue weighted by Crippen LogP contribution is -2.50. The first-order valence-corrected chi connectivity index (χ1v) is 7.77. The smallest absolute Gasteiger partial charge is 0.131 e. The number of piperidine rings is 1. The van der Waals surface area contributed by atoms with Crippen molar-refractivity contribution in [2.45, 2.75) is 58.2 Å². The van der Waals surface area contributed by atoms with E-state index in [4.69, 9.17) is 0 Å². The summed E-state index contributed by atoms with van der Waals surface area (Å²) in [5, 5.41) is 12.8. The molecule has 1 aromatic carbocycles. The Bertz CT molecular complexity index is 476. The summed E-state index contributed by atoms with van der Waals surface area (Å²) in [6.07, 6.45) is 2.17. The van der Waals surface area contributed by atoms with Gasteiger partial charge in [0.05, 0.1) is 0 Å². The summed E-state index contributed by atoms with van der Waals surface area (Å²) in [6.45, 7) is 10.9. The van der Waals surface area contributed by atoms with E-state index < -0.39 is 0 Å². The quantitative estimate of drug-likeness (QED) is 0.896. The highest BCUT2D eigenvalue weighted by molar-refractivity contribution is 5.29. The van der Waals surface area contributed by atoms with Gasteiger partial charge in [-0.15, -0.1) is 0 Å². The van der Waals surface area contributed by atoms with Crippen LogP contribution in [-0.2, 0) is 0 Å². The number of rotatable bonds is 3. The van der Waals surface area contributed by atoms with E-state index in [1.54, 1.807) is 12.1 Å². The van der Waals surface area contributed by atoms with Crippen molar-refractivity contribution in [3.05, 3.63) is 29.6 Å². The first-order chi connectivity index (χ1) is 9.77. The van der Waals surface area contributed by atoms with Gasteiger partial charge in [-0.2, -0.15) is 0 Å². The molecule has 1 atom stereocenters. The van der Waals surface area contributed by atoms with Crippen molar-refractivity contribution in [2.24, 2.45) is 0 Å². The second-order valence-electron chi connectivity index (χ2n) is 7.03. The van der Waals surface area contributed by atoms with Crippen LogP contribution >= 0.6 is 0 Å². The van der Waals surface area contributed by atoms with E-state index in [-0.39, 0.29) is 23.1 Å². The molecule has 0 saturated carbocycles. The van der Waals surface area contributed by atoms with Crippen LogP contribution in [0.5, 0.6) is 5.75 Å². The Hall–Kier alpha value is -1.13. The fourth-order valence-corrected chi connectivity index (χ4v) is 3.03. The highest BCUT2D eigenvalue weighted by Crippen LogP contribution is 2.24. The zero-order valence-corrected chi connectivity index (χ0v) is 13.5. The highest BCUT2D eigenvalue weighted by atomic mass is 19.1. The summed E-state index contributed by atoms with van der Waals surface area (Å²) < 4.78 is 13.9. The number of nitrogens with zero attached hydrogens (tertiary/aromatic N) is 1. The van der Waals surface area contributed by atoms with Gasteiger partial charge in [-0.05, 0) is 46.6 Å². The van der Waals surface area contributed by atoms with Gasteiger partial charge >= 0.3 is 0 Å². The molecule has 1 aliphatic rings. The molecule has 1 fully saturated rings. The molecule has 2 N–H and O–H groups in total. The minimum absolute atomic E-state index is 0.0260. The van der Waals surface area contributed by atoms with Crippen LogP contribution in [0.15, 0.2) is 18.2 Å². The van der Waals surface area contributed by atoms with Gasteiger partial charge in [0.2, 0.25) is 0 Å². The molecule has 4 heteroatoms. The van der Waals surface area contributed by atoms with E-state index >= 15 is 0 Å². The fourth-order valence-electron chi connectivity index (χ4n) is 3.03. The zero-order chi connectivity index (χ0) is 15.6. The Labute approximate surface area is 127 Å².